The number of nitrogens with zero attached hydrogens (tertiary/aromatic N) is 3. The number of rotatable bonds is 4. The van der Waals surface area contributed by atoms with E-state index in [0.717, 1.165) is 0 Å². The van der Waals surface area contributed by atoms with E-state index in [1.54, 1.807) is 25.3 Å². The van der Waals surface area contributed by atoms with E-state index in [0.29, 0.717) is 17.8 Å². The maximum absolute atomic E-state index is 12.6. The van der Waals surface area contributed by atoms with Crippen LogP contribution in [0.25, 0.3) is 0 Å². The topological polar surface area (TPSA) is 74.1 Å². The zero-order valence-electron chi connectivity index (χ0n) is 10.9. The average Bonchev–Trinajstić information content (AvgIpc) is 2.49. The van der Waals surface area contributed by atoms with Crippen molar-refractivity contribution in [3.05, 3.63) is 54.4 Å². The quantitative estimate of drug-likeness (QED) is 0.863. The Balaban J connectivity index is 2.44. The molecule has 6 heteroatoms. The van der Waals surface area contributed by atoms with Gasteiger partial charge in [0, 0.05) is 12.7 Å². The summed E-state index contributed by atoms with van der Waals surface area (Å²) in [6, 6.07) is 11.2. The first-order chi connectivity index (χ1) is 9.59. The van der Waals surface area contributed by atoms with Gasteiger partial charge in [0.15, 0.2) is 0 Å². The first-order valence-corrected chi connectivity index (χ1v) is 7.46. The standard InChI is InChI=1S/C14H13N3O2S/c1-2-17(13-4-3-9-16-11-13)20(18,19)14-7-5-12(10-15)6-8-14/h3-9,11H,2H2,1H3. The molecule has 0 bridgehead atoms. The third-order valence-electron chi connectivity index (χ3n) is 2.79. The maximum atomic E-state index is 12.6. The van der Waals surface area contributed by atoms with Gasteiger partial charge in [-0.3, -0.25) is 9.29 Å². The number of hydrogen-bond acceptors (Lipinski definition) is 4. The highest BCUT2D eigenvalue weighted by molar-refractivity contribution is 7.92. The molecule has 0 unspecified atom stereocenters. The van der Waals surface area contributed by atoms with Crippen LogP contribution in [0.5, 0.6) is 0 Å². The lowest BCUT2D eigenvalue weighted by atomic mass is 10.2. The van der Waals surface area contributed by atoms with Gasteiger partial charge in [0.05, 0.1) is 28.4 Å². The number of nitriles is 1. The fraction of sp³-hybridized carbons (Fsp3) is 0.143. The fourth-order valence-electron chi connectivity index (χ4n) is 1.82. The van der Waals surface area contributed by atoms with Crippen LogP contribution in [0.15, 0.2) is 53.7 Å². The number of hydrogen-bond donors (Lipinski definition) is 0. The van der Waals surface area contributed by atoms with E-state index in [1.165, 1.54) is 34.8 Å². The molecule has 0 saturated heterocycles. The molecule has 1 aromatic carbocycles. The van der Waals surface area contributed by atoms with Crippen molar-refractivity contribution in [1.29, 1.82) is 5.26 Å². The molecule has 0 radical (unpaired) electrons. The molecule has 0 atom stereocenters. The van der Waals surface area contributed by atoms with Gasteiger partial charge < -0.3 is 0 Å². The van der Waals surface area contributed by atoms with Gasteiger partial charge in [-0.2, -0.15) is 5.26 Å². The second-order valence-corrected chi connectivity index (χ2v) is 5.88. The van der Waals surface area contributed by atoms with E-state index in [-0.39, 0.29) is 4.90 Å². The number of aromatic nitrogens is 1. The van der Waals surface area contributed by atoms with Crippen LogP contribution in [-0.4, -0.2) is 19.9 Å². The largest absolute Gasteiger partial charge is 0.265 e. The Morgan fingerprint density at radius 3 is 2.45 bits per heavy atom. The molecule has 1 heterocycles. The minimum atomic E-state index is -3.65. The van der Waals surface area contributed by atoms with Crippen molar-refractivity contribution in [2.24, 2.45) is 0 Å². The first kappa shape index (κ1) is 14.0. The molecule has 0 amide bonds. The number of sulfonamides is 1. The summed E-state index contributed by atoms with van der Waals surface area (Å²) >= 11 is 0. The Bertz CT molecular complexity index is 719. The third-order valence-corrected chi connectivity index (χ3v) is 4.71. The zero-order chi connectivity index (χ0) is 14.6. The van der Waals surface area contributed by atoms with Gasteiger partial charge in [0.1, 0.15) is 0 Å². The van der Waals surface area contributed by atoms with Crippen molar-refractivity contribution in [3.8, 4) is 6.07 Å². The molecule has 0 aliphatic rings. The smallest absolute Gasteiger partial charge is 0.264 e. The van der Waals surface area contributed by atoms with Crippen molar-refractivity contribution in [2.75, 3.05) is 10.8 Å². The Morgan fingerprint density at radius 2 is 1.95 bits per heavy atom. The van der Waals surface area contributed by atoms with Crippen molar-refractivity contribution in [1.82, 2.24) is 4.98 Å². The third kappa shape index (κ3) is 2.63. The number of benzene rings is 1. The van der Waals surface area contributed by atoms with Crippen LogP contribution < -0.4 is 4.31 Å². The highest BCUT2D eigenvalue weighted by Gasteiger charge is 2.23. The maximum Gasteiger partial charge on any atom is 0.264 e. The molecule has 0 N–H and O–H groups in total. The Labute approximate surface area is 118 Å². The molecule has 5 nitrogen and oxygen atoms in total. The fourth-order valence-corrected chi connectivity index (χ4v) is 3.28. The van der Waals surface area contributed by atoms with Gasteiger partial charge in [-0.1, -0.05) is 0 Å². The van der Waals surface area contributed by atoms with E-state index in [2.05, 4.69) is 4.98 Å². The van der Waals surface area contributed by atoms with Gasteiger partial charge in [0.2, 0.25) is 0 Å². The van der Waals surface area contributed by atoms with Crippen LogP contribution in [0.3, 0.4) is 0 Å². The van der Waals surface area contributed by atoms with Crippen molar-refractivity contribution in [2.45, 2.75) is 11.8 Å². The molecule has 0 aliphatic heterocycles. The average molecular weight is 287 g/mol. The Morgan fingerprint density at radius 1 is 1.25 bits per heavy atom. The van der Waals surface area contributed by atoms with E-state index in [4.69, 9.17) is 5.26 Å². The lowest BCUT2D eigenvalue weighted by molar-refractivity contribution is 0.592. The summed E-state index contributed by atoms with van der Waals surface area (Å²) in [6.07, 6.45) is 3.09. The van der Waals surface area contributed by atoms with Gasteiger partial charge in [0.25, 0.3) is 10.0 Å². The Hall–Kier alpha value is -2.39. The van der Waals surface area contributed by atoms with Gasteiger partial charge >= 0.3 is 0 Å². The van der Waals surface area contributed by atoms with E-state index >= 15 is 0 Å². The summed E-state index contributed by atoms with van der Waals surface area (Å²) in [5.41, 5.74) is 0.938. The summed E-state index contributed by atoms with van der Waals surface area (Å²) in [4.78, 5) is 4.09. The minimum absolute atomic E-state index is 0.155. The summed E-state index contributed by atoms with van der Waals surface area (Å²) in [7, 11) is -3.65. The number of pyridine rings is 1. The van der Waals surface area contributed by atoms with Crippen LogP contribution in [0.1, 0.15) is 12.5 Å². The van der Waals surface area contributed by atoms with Crippen LogP contribution in [0, 0.1) is 11.3 Å². The van der Waals surface area contributed by atoms with Crippen LogP contribution in [0.4, 0.5) is 5.69 Å². The molecule has 0 saturated carbocycles. The van der Waals surface area contributed by atoms with Gasteiger partial charge in [-0.25, -0.2) is 8.42 Å². The molecular formula is C14H13N3O2S. The van der Waals surface area contributed by atoms with Crippen LogP contribution in [-0.2, 0) is 10.0 Å². The van der Waals surface area contributed by atoms with Crippen LogP contribution in [0.2, 0.25) is 0 Å². The predicted molar refractivity (Wildman–Crippen MR) is 75.6 cm³/mol. The van der Waals surface area contributed by atoms with Gasteiger partial charge in [-0.05, 0) is 43.3 Å². The monoisotopic (exact) mass is 287 g/mol. The summed E-state index contributed by atoms with van der Waals surface area (Å²) < 4.78 is 26.4. The van der Waals surface area contributed by atoms with E-state index < -0.39 is 10.0 Å². The van der Waals surface area contributed by atoms with Crippen molar-refractivity contribution >= 4 is 15.7 Å². The molecule has 102 valence electrons. The minimum Gasteiger partial charge on any atom is -0.265 e. The predicted octanol–water partition coefficient (Wildman–Crippen LogP) is 2.17. The van der Waals surface area contributed by atoms with Crippen LogP contribution >= 0.6 is 0 Å². The highest BCUT2D eigenvalue weighted by Crippen LogP contribution is 2.22. The van der Waals surface area contributed by atoms with Gasteiger partial charge in [-0.15, -0.1) is 0 Å². The number of anilines is 1. The molecule has 0 spiro atoms. The molecule has 0 fully saturated rings. The molecule has 1 aromatic heterocycles. The SMILES string of the molecule is CCN(c1cccnc1)S(=O)(=O)c1ccc(C#N)cc1. The summed E-state index contributed by atoms with van der Waals surface area (Å²) in [5, 5.41) is 8.75. The zero-order valence-corrected chi connectivity index (χ0v) is 11.7. The molecule has 2 aromatic rings. The normalized spacial score (nSPS) is 10.8. The first-order valence-electron chi connectivity index (χ1n) is 6.02. The highest BCUT2D eigenvalue weighted by atomic mass is 32.2. The molecule has 20 heavy (non-hydrogen) atoms. The van der Waals surface area contributed by atoms with E-state index in [1.807, 2.05) is 6.07 Å². The van der Waals surface area contributed by atoms with Crippen molar-refractivity contribution < 1.29 is 8.42 Å². The lowest BCUT2D eigenvalue weighted by Gasteiger charge is -2.22. The lowest BCUT2D eigenvalue weighted by Crippen LogP contribution is -2.30. The summed E-state index contributed by atoms with van der Waals surface area (Å²) in [5.74, 6) is 0. The van der Waals surface area contributed by atoms with Crippen molar-refractivity contribution in [3.63, 3.8) is 0 Å². The Kier molecular flexibility index (Phi) is 4.01. The second kappa shape index (κ2) is 5.72. The molecular weight excluding hydrogens is 274 g/mol. The molecule has 2 rings (SSSR count). The second-order valence-electron chi connectivity index (χ2n) is 4.02. The van der Waals surface area contributed by atoms with E-state index in [9.17, 15) is 8.42 Å². The summed E-state index contributed by atoms with van der Waals surface area (Å²) in [6.45, 7) is 2.06. The molecule has 0 aliphatic carbocycles.